The summed E-state index contributed by atoms with van der Waals surface area (Å²) in [4.78, 5) is 22.7. The van der Waals surface area contributed by atoms with Crippen LogP contribution in [0.5, 0.6) is 0 Å². The highest BCUT2D eigenvalue weighted by atomic mass is 32.2. The molecule has 0 fully saturated rings. The largest absolute Gasteiger partial charge is 0.344 e. The van der Waals surface area contributed by atoms with E-state index in [1.165, 1.54) is 20.8 Å². The highest BCUT2D eigenvalue weighted by Gasteiger charge is 2.40. The average Bonchev–Trinajstić information content (AvgIpc) is 2.22. The summed E-state index contributed by atoms with van der Waals surface area (Å²) in [5.41, 5.74) is -1.28. The summed E-state index contributed by atoms with van der Waals surface area (Å²) in [6, 6.07) is 0. The van der Waals surface area contributed by atoms with E-state index in [9.17, 15) is 18.0 Å². The molecular weight excluding hydrogens is 272 g/mol. The first-order valence-corrected chi connectivity index (χ1v) is 6.79. The first-order valence-electron chi connectivity index (χ1n) is 5.29. The Balaban J connectivity index is 5.36. The molecule has 108 valence electrons. The molecule has 0 aliphatic heterocycles. The molecule has 3 N–H and O–H groups in total. The van der Waals surface area contributed by atoms with Gasteiger partial charge < -0.3 is 10.6 Å². The molecule has 0 aromatic rings. The minimum atomic E-state index is -4.62. The smallest absolute Gasteiger partial charge is 0.288 e. The molecule has 0 radical (unpaired) electrons. The lowest BCUT2D eigenvalue weighted by Gasteiger charge is -2.33. The lowest BCUT2D eigenvalue weighted by Crippen LogP contribution is -2.61. The maximum Gasteiger partial charge on any atom is 0.288 e. The molecule has 0 saturated heterocycles. The van der Waals surface area contributed by atoms with Gasteiger partial charge in [0.05, 0.1) is 5.54 Å². The fourth-order valence-corrected chi connectivity index (χ4v) is 2.35. The third-order valence-electron chi connectivity index (χ3n) is 2.24. The average molecular weight is 290 g/mol. The van der Waals surface area contributed by atoms with Crippen LogP contribution in [-0.2, 0) is 19.7 Å². The Morgan fingerprint density at radius 3 is 2.16 bits per heavy atom. The van der Waals surface area contributed by atoms with E-state index in [0.717, 1.165) is 6.08 Å². The van der Waals surface area contributed by atoms with Crippen LogP contribution in [0.4, 0.5) is 0 Å². The number of carbonyl (C=O) groups excluding carboxylic acids is 2. The minimum Gasteiger partial charge on any atom is -0.344 e. The van der Waals surface area contributed by atoms with Gasteiger partial charge in [0, 0.05) is 5.57 Å². The summed E-state index contributed by atoms with van der Waals surface area (Å²) >= 11 is 0. The van der Waals surface area contributed by atoms with Crippen molar-refractivity contribution in [1.82, 2.24) is 10.6 Å². The molecule has 0 spiro atoms. The molecule has 0 saturated carbocycles. The predicted octanol–water partition coefficient (Wildman–Crippen LogP) is -0.0266. The number of amides is 2. The Kier molecular flexibility index (Phi) is 5.46. The highest BCUT2D eigenvalue weighted by Crippen LogP contribution is 2.15. The zero-order valence-electron chi connectivity index (χ0n) is 11.1. The van der Waals surface area contributed by atoms with E-state index in [2.05, 4.69) is 23.8 Å². The Morgan fingerprint density at radius 1 is 1.37 bits per heavy atom. The summed E-state index contributed by atoms with van der Waals surface area (Å²) < 4.78 is 31.8. The van der Waals surface area contributed by atoms with E-state index < -0.39 is 32.8 Å². The summed E-state index contributed by atoms with van der Waals surface area (Å²) in [6.07, 6.45) is 0.856. The van der Waals surface area contributed by atoms with Crippen molar-refractivity contribution in [3.05, 3.63) is 24.8 Å². The molecule has 7 nitrogen and oxygen atoms in total. The van der Waals surface area contributed by atoms with Gasteiger partial charge in [-0.25, -0.2) is 0 Å². The molecule has 0 heterocycles. The molecule has 0 aliphatic rings. The molecule has 2 amide bonds. The number of hydrogen-bond acceptors (Lipinski definition) is 4. The molecule has 0 aliphatic carbocycles. The topological polar surface area (TPSA) is 113 Å². The van der Waals surface area contributed by atoms with Gasteiger partial charge in [0.2, 0.25) is 11.8 Å². The van der Waals surface area contributed by atoms with E-state index in [1.54, 1.807) is 0 Å². The molecule has 0 bridgehead atoms. The van der Waals surface area contributed by atoms with Crippen molar-refractivity contribution in [3.8, 4) is 0 Å². The normalized spacial score (nSPS) is 13.3. The van der Waals surface area contributed by atoms with Crippen LogP contribution in [-0.4, -0.2) is 35.7 Å². The second-order valence-corrected chi connectivity index (χ2v) is 6.07. The van der Waals surface area contributed by atoms with Crippen LogP contribution in [0.2, 0.25) is 0 Å². The fourth-order valence-electron chi connectivity index (χ4n) is 1.28. The molecular formula is C11H18N2O5S. The first kappa shape index (κ1) is 17.3. The highest BCUT2D eigenvalue weighted by molar-refractivity contribution is 7.86. The van der Waals surface area contributed by atoms with E-state index in [1.807, 2.05) is 0 Å². The molecule has 0 aromatic carbocycles. The van der Waals surface area contributed by atoms with Gasteiger partial charge in [0.25, 0.3) is 10.1 Å². The zero-order valence-corrected chi connectivity index (χ0v) is 11.9. The molecule has 0 aromatic heterocycles. The number of hydrogen-bond donors (Lipinski definition) is 3. The lowest BCUT2D eigenvalue weighted by molar-refractivity contribution is -0.120. The minimum absolute atomic E-state index is 0.164. The lowest BCUT2D eigenvalue weighted by atomic mass is 10.0. The van der Waals surface area contributed by atoms with Crippen LogP contribution in [0.25, 0.3) is 0 Å². The summed E-state index contributed by atoms with van der Waals surface area (Å²) in [6.45, 7) is 10.7. The van der Waals surface area contributed by atoms with Crippen LogP contribution in [0.15, 0.2) is 24.8 Å². The number of rotatable bonds is 6. The van der Waals surface area contributed by atoms with Gasteiger partial charge >= 0.3 is 0 Å². The standard InChI is InChI=1S/C11H18N2O5S/c1-6-8(14)12-10(19(16,17)18)11(4,5)13-9(15)7(2)3/h6,10H,1-2H2,3-5H3,(H,12,14)(H,13,15)(H,16,17,18). The van der Waals surface area contributed by atoms with Crippen molar-refractivity contribution in [2.45, 2.75) is 31.7 Å². The first-order chi connectivity index (χ1) is 8.41. The van der Waals surface area contributed by atoms with Crippen LogP contribution in [0.3, 0.4) is 0 Å². The third kappa shape index (κ3) is 5.23. The van der Waals surface area contributed by atoms with Crippen molar-refractivity contribution >= 4 is 21.9 Å². The van der Waals surface area contributed by atoms with Gasteiger partial charge in [-0.1, -0.05) is 13.2 Å². The van der Waals surface area contributed by atoms with Crippen molar-refractivity contribution < 1.29 is 22.6 Å². The third-order valence-corrected chi connectivity index (χ3v) is 3.54. The van der Waals surface area contributed by atoms with E-state index in [-0.39, 0.29) is 5.57 Å². The second-order valence-electron chi connectivity index (χ2n) is 4.56. The van der Waals surface area contributed by atoms with Crippen LogP contribution in [0, 0.1) is 0 Å². The Labute approximate surface area is 112 Å². The molecule has 0 rings (SSSR count). The zero-order chi connectivity index (χ0) is 15.4. The Hall–Kier alpha value is -1.67. The molecule has 8 heteroatoms. The molecule has 19 heavy (non-hydrogen) atoms. The van der Waals surface area contributed by atoms with Crippen molar-refractivity contribution in [2.75, 3.05) is 0 Å². The van der Waals surface area contributed by atoms with Crippen LogP contribution < -0.4 is 10.6 Å². The maximum atomic E-state index is 11.5. The van der Waals surface area contributed by atoms with Crippen molar-refractivity contribution in [2.24, 2.45) is 0 Å². The van der Waals surface area contributed by atoms with Crippen LogP contribution >= 0.6 is 0 Å². The van der Waals surface area contributed by atoms with Crippen molar-refractivity contribution in [1.29, 1.82) is 0 Å². The van der Waals surface area contributed by atoms with Gasteiger partial charge in [0.1, 0.15) is 0 Å². The van der Waals surface area contributed by atoms with Gasteiger partial charge in [0.15, 0.2) is 5.37 Å². The second kappa shape index (κ2) is 5.98. The quantitative estimate of drug-likeness (QED) is 0.470. The fraction of sp³-hybridized carbons (Fsp3) is 0.455. The van der Waals surface area contributed by atoms with Gasteiger partial charge in [-0.2, -0.15) is 8.42 Å². The summed E-state index contributed by atoms with van der Waals surface area (Å²) in [7, 11) is -4.62. The molecule has 1 atom stereocenters. The maximum absolute atomic E-state index is 11.5. The van der Waals surface area contributed by atoms with Gasteiger partial charge in [-0.05, 0) is 26.8 Å². The van der Waals surface area contributed by atoms with Crippen molar-refractivity contribution in [3.63, 3.8) is 0 Å². The SMILES string of the molecule is C=CC(=O)NC(C(C)(C)NC(=O)C(=C)C)S(=O)(=O)O. The summed E-state index contributed by atoms with van der Waals surface area (Å²) in [5.74, 6) is -1.38. The Bertz CT molecular complexity index is 507. The Morgan fingerprint density at radius 2 is 1.84 bits per heavy atom. The monoisotopic (exact) mass is 290 g/mol. The van der Waals surface area contributed by atoms with Crippen LogP contribution in [0.1, 0.15) is 20.8 Å². The molecule has 1 unspecified atom stereocenters. The van der Waals surface area contributed by atoms with E-state index in [0.29, 0.717) is 0 Å². The number of carbonyl (C=O) groups is 2. The summed E-state index contributed by atoms with van der Waals surface area (Å²) in [5, 5.41) is 2.70. The van der Waals surface area contributed by atoms with E-state index >= 15 is 0 Å². The number of nitrogens with one attached hydrogen (secondary N) is 2. The van der Waals surface area contributed by atoms with E-state index in [4.69, 9.17) is 4.55 Å². The van der Waals surface area contributed by atoms with Gasteiger partial charge in [-0.15, -0.1) is 0 Å². The predicted molar refractivity (Wildman–Crippen MR) is 70.7 cm³/mol. The van der Waals surface area contributed by atoms with Gasteiger partial charge in [-0.3, -0.25) is 14.1 Å².